The predicted molar refractivity (Wildman–Crippen MR) is 100 cm³/mol. The second-order valence-corrected chi connectivity index (χ2v) is 5.96. The lowest BCUT2D eigenvalue weighted by atomic mass is 10.2. The van der Waals surface area contributed by atoms with E-state index in [1.54, 1.807) is 14.2 Å². The van der Waals surface area contributed by atoms with Gasteiger partial charge in [0.1, 0.15) is 12.7 Å². The van der Waals surface area contributed by atoms with Crippen molar-refractivity contribution in [3.05, 3.63) is 23.8 Å². The van der Waals surface area contributed by atoms with E-state index in [-0.39, 0.29) is 6.61 Å². The highest BCUT2D eigenvalue weighted by Crippen LogP contribution is 2.28. The fraction of sp³-hybridized carbons (Fsp3) is 0.684. The van der Waals surface area contributed by atoms with E-state index < -0.39 is 6.10 Å². The van der Waals surface area contributed by atoms with Gasteiger partial charge in [0.25, 0.3) is 0 Å². The largest absolute Gasteiger partial charge is 0.493 e. The molecular weight excluding hydrogens is 320 g/mol. The molecule has 0 aromatic heterocycles. The molecular formula is C19H34N2O4. The number of ether oxygens (including phenoxy) is 3. The summed E-state index contributed by atoms with van der Waals surface area (Å²) in [6.07, 6.45) is 0.464. The van der Waals surface area contributed by atoms with E-state index in [0.717, 1.165) is 44.8 Å². The van der Waals surface area contributed by atoms with Gasteiger partial charge in [-0.1, -0.05) is 19.9 Å². The van der Waals surface area contributed by atoms with Gasteiger partial charge < -0.3 is 29.5 Å². The van der Waals surface area contributed by atoms with Gasteiger partial charge in [-0.25, -0.2) is 0 Å². The second kappa shape index (κ2) is 12.9. The summed E-state index contributed by atoms with van der Waals surface area (Å²) in [4.78, 5) is 2.17. The molecule has 0 aliphatic heterocycles. The van der Waals surface area contributed by atoms with Gasteiger partial charge in [-0.3, -0.25) is 0 Å². The zero-order valence-electron chi connectivity index (χ0n) is 16.1. The minimum absolute atomic E-state index is 0.251. The van der Waals surface area contributed by atoms with Crippen LogP contribution < -0.4 is 14.8 Å². The van der Waals surface area contributed by atoms with Crippen LogP contribution in [0.4, 0.5) is 0 Å². The molecule has 144 valence electrons. The van der Waals surface area contributed by atoms with E-state index in [0.29, 0.717) is 18.0 Å². The number of aliphatic hydroxyl groups excluding tert-OH is 1. The van der Waals surface area contributed by atoms with Gasteiger partial charge >= 0.3 is 0 Å². The molecule has 6 heteroatoms. The van der Waals surface area contributed by atoms with Crippen LogP contribution >= 0.6 is 0 Å². The van der Waals surface area contributed by atoms with Crippen LogP contribution in [0, 0.1) is 0 Å². The highest BCUT2D eigenvalue weighted by molar-refractivity contribution is 5.43. The minimum atomic E-state index is -0.522. The van der Waals surface area contributed by atoms with Crippen LogP contribution in [0.15, 0.2) is 18.2 Å². The molecule has 0 bridgehead atoms. The van der Waals surface area contributed by atoms with E-state index in [2.05, 4.69) is 24.1 Å². The van der Waals surface area contributed by atoms with Crippen LogP contribution in [0.1, 0.15) is 25.8 Å². The summed E-state index contributed by atoms with van der Waals surface area (Å²) >= 11 is 0. The SMILES string of the molecule is CCN(CC)CC(O)COc1ccc(CNCCCOC)cc1OC. The number of nitrogens with one attached hydrogen (secondary N) is 1. The molecule has 1 aromatic rings. The Balaban J connectivity index is 2.48. The standard InChI is InChI=1S/C19H34N2O4/c1-5-21(6-2)14-17(22)15-25-18-9-8-16(12-19(18)24-4)13-20-10-7-11-23-3/h8-9,12,17,20,22H,5-7,10-11,13-15H2,1-4H3. The molecule has 25 heavy (non-hydrogen) atoms. The Kier molecular flexibility index (Phi) is 11.2. The lowest BCUT2D eigenvalue weighted by molar-refractivity contribution is 0.0705. The second-order valence-electron chi connectivity index (χ2n) is 5.96. The first-order valence-corrected chi connectivity index (χ1v) is 9.04. The molecule has 1 atom stereocenters. The molecule has 0 aliphatic carbocycles. The normalized spacial score (nSPS) is 12.4. The number of methoxy groups -OCH3 is 2. The van der Waals surface area contributed by atoms with E-state index in [4.69, 9.17) is 14.2 Å². The first-order valence-electron chi connectivity index (χ1n) is 9.04. The molecule has 0 radical (unpaired) electrons. The van der Waals surface area contributed by atoms with Crippen molar-refractivity contribution in [2.45, 2.75) is 32.9 Å². The average Bonchev–Trinajstić information content (AvgIpc) is 2.64. The number of nitrogens with zero attached hydrogens (tertiary/aromatic N) is 1. The molecule has 0 amide bonds. The maximum absolute atomic E-state index is 10.1. The molecule has 0 spiro atoms. The summed E-state index contributed by atoms with van der Waals surface area (Å²) < 4.78 is 16.2. The first-order chi connectivity index (χ1) is 12.1. The summed E-state index contributed by atoms with van der Waals surface area (Å²) in [5.74, 6) is 1.34. The van der Waals surface area contributed by atoms with Crippen LogP contribution in [0.2, 0.25) is 0 Å². The zero-order chi connectivity index (χ0) is 18.5. The van der Waals surface area contributed by atoms with Gasteiger partial charge in [-0.15, -0.1) is 0 Å². The fourth-order valence-electron chi connectivity index (χ4n) is 2.53. The van der Waals surface area contributed by atoms with Crippen molar-refractivity contribution in [2.75, 3.05) is 53.6 Å². The lowest BCUT2D eigenvalue weighted by Crippen LogP contribution is -2.35. The van der Waals surface area contributed by atoms with Crippen molar-refractivity contribution in [2.24, 2.45) is 0 Å². The molecule has 0 aliphatic rings. The summed E-state index contributed by atoms with van der Waals surface area (Å²) in [6, 6.07) is 5.88. The lowest BCUT2D eigenvalue weighted by Gasteiger charge is -2.22. The van der Waals surface area contributed by atoms with Crippen LogP contribution in [0.3, 0.4) is 0 Å². The molecule has 0 fully saturated rings. The Morgan fingerprint density at radius 3 is 2.56 bits per heavy atom. The van der Waals surface area contributed by atoms with Gasteiger partial charge in [-0.05, 0) is 43.8 Å². The van der Waals surface area contributed by atoms with Crippen molar-refractivity contribution < 1.29 is 19.3 Å². The molecule has 1 aromatic carbocycles. The Labute approximate surface area is 152 Å². The van der Waals surface area contributed by atoms with Crippen LogP contribution in [0.5, 0.6) is 11.5 Å². The number of hydrogen-bond acceptors (Lipinski definition) is 6. The monoisotopic (exact) mass is 354 g/mol. The number of hydrogen-bond donors (Lipinski definition) is 2. The molecule has 1 rings (SSSR count). The van der Waals surface area contributed by atoms with Crippen molar-refractivity contribution in [1.29, 1.82) is 0 Å². The number of rotatable bonds is 14. The third-order valence-electron chi connectivity index (χ3n) is 4.05. The molecule has 0 heterocycles. The highest BCUT2D eigenvalue weighted by atomic mass is 16.5. The number of aliphatic hydroxyl groups is 1. The highest BCUT2D eigenvalue weighted by Gasteiger charge is 2.12. The van der Waals surface area contributed by atoms with Crippen molar-refractivity contribution in [3.63, 3.8) is 0 Å². The number of benzene rings is 1. The molecule has 1 unspecified atom stereocenters. The van der Waals surface area contributed by atoms with Gasteiger partial charge in [-0.2, -0.15) is 0 Å². The quantitative estimate of drug-likeness (QED) is 0.498. The summed E-state index contributed by atoms with van der Waals surface area (Å²) in [7, 11) is 3.34. The van der Waals surface area contributed by atoms with Crippen LogP contribution in [0.25, 0.3) is 0 Å². The Morgan fingerprint density at radius 1 is 1.16 bits per heavy atom. The first kappa shape index (κ1) is 21.7. The van der Waals surface area contributed by atoms with Crippen LogP contribution in [-0.4, -0.2) is 69.7 Å². The third-order valence-corrected chi connectivity index (χ3v) is 4.05. The topological polar surface area (TPSA) is 63.2 Å². The summed E-state index contributed by atoms with van der Waals surface area (Å²) in [5.41, 5.74) is 1.13. The van der Waals surface area contributed by atoms with E-state index >= 15 is 0 Å². The van der Waals surface area contributed by atoms with E-state index in [1.807, 2.05) is 18.2 Å². The zero-order valence-corrected chi connectivity index (χ0v) is 16.1. The van der Waals surface area contributed by atoms with Gasteiger partial charge in [0.05, 0.1) is 7.11 Å². The van der Waals surface area contributed by atoms with Crippen molar-refractivity contribution >= 4 is 0 Å². The maximum atomic E-state index is 10.1. The molecule has 6 nitrogen and oxygen atoms in total. The van der Waals surface area contributed by atoms with Crippen molar-refractivity contribution in [1.82, 2.24) is 10.2 Å². The predicted octanol–water partition coefficient (Wildman–Crippen LogP) is 1.90. The van der Waals surface area contributed by atoms with Gasteiger partial charge in [0, 0.05) is 26.8 Å². The molecule has 0 saturated carbocycles. The molecule has 0 saturated heterocycles. The van der Waals surface area contributed by atoms with Gasteiger partial charge in [0.15, 0.2) is 11.5 Å². The Morgan fingerprint density at radius 2 is 1.92 bits per heavy atom. The van der Waals surface area contributed by atoms with E-state index in [9.17, 15) is 5.11 Å². The fourth-order valence-corrected chi connectivity index (χ4v) is 2.53. The summed E-state index contributed by atoms with van der Waals surface area (Å²) in [6.45, 7) is 9.31. The number of likely N-dealkylation sites (N-methyl/N-ethyl adjacent to an activating group) is 1. The third kappa shape index (κ3) is 8.54. The molecule has 2 N–H and O–H groups in total. The van der Waals surface area contributed by atoms with E-state index in [1.165, 1.54) is 0 Å². The average molecular weight is 354 g/mol. The van der Waals surface area contributed by atoms with Crippen molar-refractivity contribution in [3.8, 4) is 11.5 Å². The van der Waals surface area contributed by atoms with Gasteiger partial charge in [0.2, 0.25) is 0 Å². The maximum Gasteiger partial charge on any atom is 0.161 e. The Bertz CT molecular complexity index is 467. The minimum Gasteiger partial charge on any atom is -0.493 e. The summed E-state index contributed by atoms with van der Waals surface area (Å²) in [5, 5.41) is 13.5. The van der Waals surface area contributed by atoms with Crippen LogP contribution in [-0.2, 0) is 11.3 Å². The smallest absolute Gasteiger partial charge is 0.161 e. The Hall–Kier alpha value is -1.34.